The molecule has 0 bridgehead atoms. The van der Waals surface area contributed by atoms with E-state index in [4.69, 9.17) is 22.3 Å². The fourth-order valence-electron chi connectivity index (χ4n) is 1.52. The van der Waals surface area contributed by atoms with Crippen LogP contribution in [0.15, 0.2) is 21.5 Å². The lowest BCUT2D eigenvalue weighted by molar-refractivity contribution is 0.0740. The molecule has 0 aliphatic heterocycles. The second-order valence-corrected chi connectivity index (χ2v) is 8.18. The van der Waals surface area contributed by atoms with Crippen molar-refractivity contribution < 1.29 is 13.2 Å². The van der Waals surface area contributed by atoms with E-state index < -0.39 is 9.05 Å². The van der Waals surface area contributed by atoms with Gasteiger partial charge in [-0.05, 0) is 41.4 Å². The van der Waals surface area contributed by atoms with E-state index in [1.165, 1.54) is 17.0 Å². The van der Waals surface area contributed by atoms with Crippen LogP contribution < -0.4 is 0 Å². The molecule has 0 aromatic heterocycles. The Labute approximate surface area is 136 Å². The zero-order valence-corrected chi connectivity index (χ0v) is 15.1. The second kappa shape index (κ2) is 6.64. The highest BCUT2D eigenvalue weighted by Crippen LogP contribution is 2.32. The molecule has 0 N–H and O–H groups in total. The number of hydrogen-bond acceptors (Lipinski definition) is 3. The van der Waals surface area contributed by atoms with Crippen LogP contribution in [0, 0.1) is 0 Å². The minimum Gasteiger partial charge on any atom is -0.339 e. The molecule has 1 unspecified atom stereocenters. The minimum atomic E-state index is -3.94. The van der Waals surface area contributed by atoms with Crippen LogP contribution >= 0.6 is 38.2 Å². The molecule has 0 saturated heterocycles. The van der Waals surface area contributed by atoms with Gasteiger partial charge >= 0.3 is 0 Å². The molecule has 1 atom stereocenters. The third-order valence-corrected chi connectivity index (χ3v) is 5.68. The highest BCUT2D eigenvalue weighted by atomic mass is 79.9. The zero-order chi connectivity index (χ0) is 15.7. The van der Waals surface area contributed by atoms with E-state index in [0.29, 0.717) is 4.47 Å². The van der Waals surface area contributed by atoms with Gasteiger partial charge in [-0.25, -0.2) is 8.42 Å². The second-order valence-electron chi connectivity index (χ2n) is 4.38. The molecule has 0 saturated carbocycles. The van der Waals surface area contributed by atoms with Gasteiger partial charge in [-0.2, -0.15) is 0 Å². The largest absolute Gasteiger partial charge is 0.339 e. The van der Waals surface area contributed by atoms with Gasteiger partial charge in [0.1, 0.15) is 0 Å². The van der Waals surface area contributed by atoms with Crippen molar-refractivity contribution in [2.75, 3.05) is 7.05 Å². The van der Waals surface area contributed by atoms with Gasteiger partial charge in [0, 0.05) is 28.2 Å². The third kappa shape index (κ3) is 3.87. The zero-order valence-electron chi connectivity index (χ0n) is 11.2. The standard InChI is InChI=1S/C12H14BrCl2NO3S/c1-4-7(2)16(3)12(17)9-5-8(20(15,18)19)6-10(13)11(9)14/h5-7H,4H2,1-3H3. The lowest BCUT2D eigenvalue weighted by atomic mass is 10.1. The maximum absolute atomic E-state index is 12.4. The molecule has 4 nitrogen and oxygen atoms in total. The van der Waals surface area contributed by atoms with Gasteiger partial charge < -0.3 is 4.90 Å². The Kier molecular flexibility index (Phi) is 5.89. The van der Waals surface area contributed by atoms with E-state index in [-0.39, 0.29) is 27.4 Å². The van der Waals surface area contributed by atoms with E-state index in [9.17, 15) is 13.2 Å². The van der Waals surface area contributed by atoms with Gasteiger partial charge in [-0.3, -0.25) is 4.79 Å². The first-order chi connectivity index (χ1) is 9.09. The van der Waals surface area contributed by atoms with Crippen LogP contribution in [0.4, 0.5) is 0 Å². The predicted molar refractivity (Wildman–Crippen MR) is 84.0 cm³/mol. The predicted octanol–water partition coefficient (Wildman–Crippen LogP) is 3.90. The quantitative estimate of drug-likeness (QED) is 0.717. The SMILES string of the molecule is CCC(C)N(C)C(=O)c1cc(S(=O)(=O)Cl)cc(Br)c1Cl. The van der Waals surface area contributed by atoms with Gasteiger partial charge in [-0.1, -0.05) is 18.5 Å². The molecule has 0 aliphatic rings. The molecule has 0 radical (unpaired) electrons. The summed E-state index contributed by atoms with van der Waals surface area (Å²) in [5, 5.41) is 0.161. The molecule has 8 heteroatoms. The fourth-order valence-corrected chi connectivity index (χ4v) is 3.11. The normalized spacial score (nSPS) is 13.1. The summed E-state index contributed by atoms with van der Waals surface area (Å²) in [6.07, 6.45) is 0.772. The summed E-state index contributed by atoms with van der Waals surface area (Å²) >= 11 is 9.20. The van der Waals surface area contributed by atoms with Gasteiger partial charge in [0.25, 0.3) is 15.0 Å². The Balaban J connectivity index is 3.38. The summed E-state index contributed by atoms with van der Waals surface area (Å²) in [7, 11) is 3.02. The van der Waals surface area contributed by atoms with Crippen molar-refractivity contribution in [1.82, 2.24) is 4.90 Å². The van der Waals surface area contributed by atoms with Crippen molar-refractivity contribution in [3.63, 3.8) is 0 Å². The van der Waals surface area contributed by atoms with Crippen LogP contribution in [0.5, 0.6) is 0 Å². The Morgan fingerprint density at radius 3 is 2.45 bits per heavy atom. The molecule has 0 aliphatic carbocycles. The summed E-state index contributed by atoms with van der Waals surface area (Å²) in [6.45, 7) is 3.84. The Morgan fingerprint density at radius 2 is 2.00 bits per heavy atom. The molecular weight excluding hydrogens is 389 g/mol. The minimum absolute atomic E-state index is 0.00797. The number of halogens is 3. The number of amides is 1. The number of hydrogen-bond donors (Lipinski definition) is 0. The molecule has 0 heterocycles. The van der Waals surface area contributed by atoms with E-state index in [1.807, 2.05) is 13.8 Å². The number of nitrogens with zero attached hydrogens (tertiary/aromatic N) is 1. The van der Waals surface area contributed by atoms with Crippen molar-refractivity contribution in [2.24, 2.45) is 0 Å². The van der Waals surface area contributed by atoms with Crippen molar-refractivity contribution in [3.05, 3.63) is 27.2 Å². The molecule has 1 aromatic rings. The lowest BCUT2D eigenvalue weighted by Crippen LogP contribution is -2.34. The first kappa shape index (κ1) is 17.8. The summed E-state index contributed by atoms with van der Waals surface area (Å²) in [4.78, 5) is 13.7. The average Bonchev–Trinajstić information content (AvgIpc) is 2.37. The molecule has 20 heavy (non-hydrogen) atoms. The Bertz CT molecular complexity index is 634. The Hall–Kier alpha value is -0.300. The van der Waals surface area contributed by atoms with Crippen molar-refractivity contribution in [2.45, 2.75) is 31.2 Å². The third-order valence-electron chi connectivity index (χ3n) is 3.09. The summed E-state index contributed by atoms with van der Waals surface area (Å²) in [5.41, 5.74) is 0.100. The van der Waals surface area contributed by atoms with Crippen LogP contribution in [-0.4, -0.2) is 32.3 Å². The number of carbonyl (C=O) groups excluding carboxylic acids is 1. The van der Waals surface area contributed by atoms with Crippen LogP contribution in [-0.2, 0) is 9.05 Å². The maximum atomic E-state index is 12.4. The summed E-state index contributed by atoms with van der Waals surface area (Å²) < 4.78 is 23.1. The van der Waals surface area contributed by atoms with Gasteiger partial charge in [0.15, 0.2) is 0 Å². The molecule has 1 amide bonds. The molecule has 1 rings (SSSR count). The van der Waals surface area contributed by atoms with Crippen molar-refractivity contribution in [1.29, 1.82) is 0 Å². The lowest BCUT2D eigenvalue weighted by Gasteiger charge is -2.24. The van der Waals surface area contributed by atoms with Crippen molar-refractivity contribution >= 4 is 53.2 Å². The molecule has 0 fully saturated rings. The highest BCUT2D eigenvalue weighted by Gasteiger charge is 2.23. The van der Waals surface area contributed by atoms with E-state index in [0.717, 1.165) is 6.42 Å². The number of carbonyl (C=O) groups is 1. The van der Waals surface area contributed by atoms with E-state index in [2.05, 4.69) is 15.9 Å². The smallest absolute Gasteiger partial charge is 0.261 e. The summed E-state index contributed by atoms with van der Waals surface area (Å²) in [6, 6.07) is 2.47. The van der Waals surface area contributed by atoms with Gasteiger partial charge in [-0.15, -0.1) is 0 Å². The van der Waals surface area contributed by atoms with Crippen LogP contribution in [0.1, 0.15) is 30.6 Å². The monoisotopic (exact) mass is 401 g/mol. The summed E-state index contributed by atoms with van der Waals surface area (Å²) in [5.74, 6) is -0.354. The molecule has 1 aromatic carbocycles. The van der Waals surface area contributed by atoms with Crippen molar-refractivity contribution in [3.8, 4) is 0 Å². The van der Waals surface area contributed by atoms with Crippen LogP contribution in [0.2, 0.25) is 5.02 Å². The van der Waals surface area contributed by atoms with E-state index in [1.54, 1.807) is 7.05 Å². The van der Waals surface area contributed by atoms with Gasteiger partial charge in [0.2, 0.25) is 0 Å². The number of rotatable bonds is 4. The maximum Gasteiger partial charge on any atom is 0.261 e. The Morgan fingerprint density at radius 1 is 1.45 bits per heavy atom. The molecule has 0 spiro atoms. The first-order valence-corrected chi connectivity index (χ1v) is 9.28. The number of benzene rings is 1. The van der Waals surface area contributed by atoms with Crippen LogP contribution in [0.25, 0.3) is 0 Å². The fraction of sp³-hybridized carbons (Fsp3) is 0.417. The highest BCUT2D eigenvalue weighted by molar-refractivity contribution is 9.10. The topological polar surface area (TPSA) is 54.5 Å². The average molecular weight is 403 g/mol. The van der Waals surface area contributed by atoms with Crippen LogP contribution in [0.3, 0.4) is 0 Å². The first-order valence-electron chi connectivity index (χ1n) is 5.80. The van der Waals surface area contributed by atoms with Gasteiger partial charge in [0.05, 0.1) is 15.5 Å². The molecule has 112 valence electrons. The molecular formula is C12H14BrCl2NO3S. The van der Waals surface area contributed by atoms with E-state index >= 15 is 0 Å².